The molecule has 2 heterocycles. The molecule has 4 rings (SSSR count). The first-order valence-electron chi connectivity index (χ1n) is 9.36. The minimum atomic E-state index is -0.136. The van der Waals surface area contributed by atoms with Gasteiger partial charge < -0.3 is 19.9 Å². The molecule has 29 heavy (non-hydrogen) atoms. The van der Waals surface area contributed by atoms with Crippen LogP contribution in [0.4, 0.5) is 11.4 Å². The van der Waals surface area contributed by atoms with Gasteiger partial charge in [-0.3, -0.25) is 14.7 Å². The Balaban J connectivity index is 1.46. The van der Waals surface area contributed by atoms with Crippen LogP contribution in [0.1, 0.15) is 16.8 Å². The third kappa shape index (κ3) is 3.73. The summed E-state index contributed by atoms with van der Waals surface area (Å²) in [6.07, 6.45) is 2.00. The Kier molecular flexibility index (Phi) is 4.84. The van der Waals surface area contributed by atoms with Crippen molar-refractivity contribution in [2.75, 3.05) is 38.0 Å². The summed E-state index contributed by atoms with van der Waals surface area (Å²) in [7, 11) is 5.35. The zero-order valence-electron chi connectivity index (χ0n) is 16.6. The molecule has 1 aromatic heterocycles. The van der Waals surface area contributed by atoms with Crippen molar-refractivity contribution in [2.24, 2.45) is 0 Å². The van der Waals surface area contributed by atoms with Crippen molar-refractivity contribution < 1.29 is 14.3 Å². The van der Waals surface area contributed by atoms with Gasteiger partial charge in [0.15, 0.2) is 0 Å². The van der Waals surface area contributed by atoms with Crippen molar-refractivity contribution in [2.45, 2.75) is 12.5 Å². The number of hydrogen-bond acceptors (Lipinski definition) is 5. The van der Waals surface area contributed by atoms with E-state index in [4.69, 9.17) is 4.74 Å². The highest BCUT2D eigenvalue weighted by atomic mass is 16.5. The van der Waals surface area contributed by atoms with Crippen LogP contribution in [-0.2, 0) is 4.79 Å². The molecular weight excluding hydrogens is 370 g/mol. The molecule has 0 bridgehead atoms. The number of aromatic amines is 1. The number of nitrogens with one attached hydrogen (secondary N) is 2. The molecular formula is C21H23N5O3. The lowest BCUT2D eigenvalue weighted by Gasteiger charge is -2.35. The van der Waals surface area contributed by atoms with Crippen molar-refractivity contribution in [3.63, 3.8) is 0 Å². The van der Waals surface area contributed by atoms with Gasteiger partial charge in [-0.05, 0) is 36.4 Å². The molecule has 150 valence electrons. The molecule has 0 fully saturated rings. The van der Waals surface area contributed by atoms with Crippen LogP contribution in [0, 0.1) is 0 Å². The summed E-state index contributed by atoms with van der Waals surface area (Å²) in [6.45, 7) is 0.400. The highest BCUT2D eigenvalue weighted by Crippen LogP contribution is 2.34. The Morgan fingerprint density at radius 2 is 2.10 bits per heavy atom. The minimum Gasteiger partial charge on any atom is -0.489 e. The van der Waals surface area contributed by atoms with E-state index in [1.165, 1.54) is 4.90 Å². The van der Waals surface area contributed by atoms with E-state index in [0.29, 0.717) is 23.6 Å². The molecule has 3 aromatic rings. The lowest BCUT2D eigenvalue weighted by atomic mass is 10.1. The molecule has 1 atom stereocenters. The largest absolute Gasteiger partial charge is 0.489 e. The highest BCUT2D eigenvalue weighted by molar-refractivity contribution is 5.96. The zero-order chi connectivity index (χ0) is 20.5. The maximum atomic E-state index is 12.6. The van der Waals surface area contributed by atoms with Gasteiger partial charge in [0, 0.05) is 37.8 Å². The van der Waals surface area contributed by atoms with Crippen molar-refractivity contribution in [1.82, 2.24) is 15.1 Å². The van der Waals surface area contributed by atoms with Crippen LogP contribution < -0.4 is 15.0 Å². The number of amides is 2. The molecule has 0 unspecified atom stereocenters. The zero-order valence-corrected chi connectivity index (χ0v) is 16.6. The molecule has 2 aromatic carbocycles. The van der Waals surface area contributed by atoms with Crippen LogP contribution in [0.2, 0.25) is 0 Å². The first-order chi connectivity index (χ1) is 13.9. The fraction of sp³-hybridized carbons (Fsp3) is 0.286. The van der Waals surface area contributed by atoms with Gasteiger partial charge >= 0.3 is 0 Å². The first-order valence-corrected chi connectivity index (χ1v) is 9.36. The average Bonchev–Trinajstić information content (AvgIpc) is 3.17. The SMILES string of the molecule is CN(C)C(=O)c1ccc2c(c1)N(C)[C@H](CC(=O)Nc1ccc3cn[nH]c3c1)CO2. The summed E-state index contributed by atoms with van der Waals surface area (Å²) in [4.78, 5) is 28.4. The van der Waals surface area contributed by atoms with E-state index in [0.717, 1.165) is 16.6 Å². The fourth-order valence-electron chi connectivity index (χ4n) is 3.44. The number of aromatic nitrogens is 2. The van der Waals surface area contributed by atoms with E-state index in [1.807, 2.05) is 36.2 Å². The Morgan fingerprint density at radius 1 is 1.28 bits per heavy atom. The molecule has 1 aliphatic heterocycles. The normalized spacial score (nSPS) is 15.6. The van der Waals surface area contributed by atoms with E-state index in [-0.39, 0.29) is 24.3 Å². The van der Waals surface area contributed by atoms with E-state index in [9.17, 15) is 9.59 Å². The maximum absolute atomic E-state index is 12.6. The van der Waals surface area contributed by atoms with Crippen molar-refractivity contribution >= 4 is 34.1 Å². The van der Waals surface area contributed by atoms with Crippen LogP contribution >= 0.6 is 0 Å². The lowest BCUT2D eigenvalue weighted by Crippen LogP contribution is -2.42. The van der Waals surface area contributed by atoms with Gasteiger partial charge in [0.1, 0.15) is 12.4 Å². The number of anilines is 2. The number of carbonyl (C=O) groups excluding carboxylic acids is 2. The summed E-state index contributed by atoms with van der Waals surface area (Å²) in [5, 5.41) is 10.8. The van der Waals surface area contributed by atoms with Crippen LogP contribution in [0.5, 0.6) is 5.75 Å². The van der Waals surface area contributed by atoms with Gasteiger partial charge in [-0.2, -0.15) is 5.10 Å². The van der Waals surface area contributed by atoms with Crippen LogP contribution in [0.25, 0.3) is 10.9 Å². The molecule has 0 aliphatic carbocycles. The maximum Gasteiger partial charge on any atom is 0.253 e. The Labute approximate surface area is 168 Å². The van der Waals surface area contributed by atoms with E-state index >= 15 is 0 Å². The number of nitrogens with zero attached hydrogens (tertiary/aromatic N) is 3. The molecule has 2 N–H and O–H groups in total. The number of carbonyl (C=O) groups is 2. The molecule has 0 saturated heterocycles. The van der Waals surface area contributed by atoms with Gasteiger partial charge in [0.05, 0.1) is 29.9 Å². The number of rotatable bonds is 4. The number of ether oxygens (including phenoxy) is 1. The van der Waals surface area contributed by atoms with E-state index < -0.39 is 0 Å². The average molecular weight is 393 g/mol. The smallest absolute Gasteiger partial charge is 0.253 e. The van der Waals surface area contributed by atoms with Crippen LogP contribution in [0.15, 0.2) is 42.6 Å². The third-order valence-corrected chi connectivity index (χ3v) is 5.12. The van der Waals surface area contributed by atoms with Gasteiger partial charge in [0.25, 0.3) is 5.91 Å². The quantitative estimate of drug-likeness (QED) is 0.711. The molecule has 0 spiro atoms. The predicted molar refractivity (Wildman–Crippen MR) is 111 cm³/mol. The second kappa shape index (κ2) is 7.46. The lowest BCUT2D eigenvalue weighted by molar-refractivity contribution is -0.116. The highest BCUT2D eigenvalue weighted by Gasteiger charge is 2.28. The van der Waals surface area contributed by atoms with E-state index in [2.05, 4.69) is 15.5 Å². The van der Waals surface area contributed by atoms with E-state index in [1.54, 1.807) is 32.4 Å². The van der Waals surface area contributed by atoms with Crippen molar-refractivity contribution in [3.05, 3.63) is 48.2 Å². The fourth-order valence-corrected chi connectivity index (χ4v) is 3.44. The summed E-state index contributed by atoms with van der Waals surface area (Å²) >= 11 is 0. The number of fused-ring (bicyclic) bond motifs is 2. The topological polar surface area (TPSA) is 90.6 Å². The first kappa shape index (κ1) is 18.8. The standard InChI is InChI=1S/C21H23N5O3/c1-25(2)21(28)13-5-7-19-18(8-13)26(3)16(12-29-19)10-20(27)23-15-6-4-14-11-22-24-17(14)9-15/h4-9,11,16H,10,12H2,1-3H3,(H,22,24)(H,23,27)/t16-/m1/s1. The number of likely N-dealkylation sites (N-methyl/N-ethyl adjacent to an activating group) is 1. The molecule has 2 amide bonds. The van der Waals surface area contributed by atoms with Crippen molar-refractivity contribution in [3.8, 4) is 5.75 Å². The summed E-state index contributed by atoms with van der Waals surface area (Å²) in [5.74, 6) is 0.535. The Hall–Kier alpha value is -3.55. The van der Waals surface area contributed by atoms with Crippen LogP contribution in [0.3, 0.4) is 0 Å². The minimum absolute atomic E-state index is 0.0738. The third-order valence-electron chi connectivity index (χ3n) is 5.12. The monoisotopic (exact) mass is 393 g/mol. The summed E-state index contributed by atoms with van der Waals surface area (Å²) < 4.78 is 5.84. The van der Waals surface area contributed by atoms with Crippen molar-refractivity contribution in [1.29, 1.82) is 0 Å². The number of H-pyrrole nitrogens is 1. The molecule has 1 aliphatic rings. The second-order valence-electron chi connectivity index (χ2n) is 7.38. The molecule has 0 radical (unpaired) electrons. The second-order valence-corrected chi connectivity index (χ2v) is 7.38. The predicted octanol–water partition coefficient (Wildman–Crippen LogP) is 2.49. The number of hydrogen-bond donors (Lipinski definition) is 2. The number of benzene rings is 2. The van der Waals surface area contributed by atoms with Gasteiger partial charge in [-0.15, -0.1) is 0 Å². The van der Waals surface area contributed by atoms with Gasteiger partial charge in [0.2, 0.25) is 5.91 Å². The summed E-state index contributed by atoms with van der Waals surface area (Å²) in [5.41, 5.74) is 2.97. The molecule has 0 saturated carbocycles. The van der Waals surface area contributed by atoms with Gasteiger partial charge in [-0.25, -0.2) is 0 Å². The van der Waals surface area contributed by atoms with Crippen LogP contribution in [-0.4, -0.2) is 60.7 Å². The Morgan fingerprint density at radius 3 is 2.90 bits per heavy atom. The Bertz CT molecular complexity index is 1080. The summed E-state index contributed by atoms with van der Waals surface area (Å²) in [6, 6.07) is 10.9. The molecule has 8 nitrogen and oxygen atoms in total. The van der Waals surface area contributed by atoms with Gasteiger partial charge in [-0.1, -0.05) is 0 Å². The molecule has 8 heteroatoms.